The summed E-state index contributed by atoms with van der Waals surface area (Å²) < 4.78 is 5.78. The van der Waals surface area contributed by atoms with Crippen molar-refractivity contribution in [2.75, 3.05) is 11.5 Å². The zero-order valence-corrected chi connectivity index (χ0v) is 24.1. The van der Waals surface area contributed by atoms with Crippen molar-refractivity contribution in [3.63, 3.8) is 0 Å². The lowest BCUT2D eigenvalue weighted by atomic mass is 9.59. The highest BCUT2D eigenvalue weighted by Crippen LogP contribution is 2.56. The third kappa shape index (κ3) is 3.99. The number of rotatable bonds is 4. The van der Waals surface area contributed by atoms with Gasteiger partial charge in [-0.2, -0.15) is 0 Å². The number of benzene rings is 2. The first-order valence-corrected chi connectivity index (χ1v) is 14.3. The molecule has 1 aliphatic heterocycles. The van der Waals surface area contributed by atoms with Gasteiger partial charge in [0.15, 0.2) is 23.1 Å². The lowest BCUT2D eigenvalue weighted by Gasteiger charge is -2.42. The van der Waals surface area contributed by atoms with Crippen molar-refractivity contribution in [2.45, 2.75) is 32.6 Å². The number of amides is 2. The van der Waals surface area contributed by atoms with E-state index >= 15 is 0 Å². The van der Waals surface area contributed by atoms with E-state index in [0.29, 0.717) is 40.4 Å². The number of aryl methyl sites for hydroxylation is 1. The van der Waals surface area contributed by atoms with Gasteiger partial charge in [-0.15, -0.1) is 0 Å². The van der Waals surface area contributed by atoms with Crippen molar-refractivity contribution in [2.24, 2.45) is 17.8 Å². The number of hydrogen-bond acceptors (Lipinski definition) is 6. The van der Waals surface area contributed by atoms with E-state index in [-0.39, 0.29) is 45.8 Å². The molecule has 0 bridgehead atoms. The number of hydrogen-bond donors (Lipinski definition) is 1. The Hall–Kier alpha value is -3.49. The minimum atomic E-state index is -0.694. The molecule has 1 saturated heterocycles. The van der Waals surface area contributed by atoms with Gasteiger partial charge in [-0.1, -0.05) is 35.4 Å². The van der Waals surface area contributed by atoms with Crippen LogP contribution in [0.2, 0.25) is 5.02 Å². The van der Waals surface area contributed by atoms with Gasteiger partial charge in [0.05, 0.1) is 28.6 Å². The molecule has 3 aliphatic carbocycles. The third-order valence-electron chi connectivity index (χ3n) is 8.36. The second kappa shape index (κ2) is 9.85. The fourth-order valence-corrected chi connectivity index (χ4v) is 7.16. The molecular formula is C31H25BrClNO6. The summed E-state index contributed by atoms with van der Waals surface area (Å²) in [6.07, 6.45) is 3.74. The standard InChI is InChI=1S/C31H25BrClNO6/c1-3-40-25-10-15(5-9-23(25)35)26-17-7-8-18-27(19(17)12-20-28(26)24(36)13-21(32)29(20)37)31(39)34(30(18)38)16-6-4-14(2)22(33)11-16/h4-7,9-11,13,18-19,26-27,35H,3,8,12H2,1-2H3/t18-,19+,26-,27-/m0/s1. The normalized spacial score (nSPS) is 25.9. The molecule has 40 heavy (non-hydrogen) atoms. The third-order valence-corrected chi connectivity index (χ3v) is 9.36. The number of ketones is 2. The van der Waals surface area contributed by atoms with Crippen molar-refractivity contribution < 1.29 is 29.0 Å². The van der Waals surface area contributed by atoms with Crippen LogP contribution in [0.4, 0.5) is 5.69 Å². The monoisotopic (exact) mass is 621 g/mol. The number of allylic oxidation sites excluding steroid dienone is 6. The Kier molecular flexibility index (Phi) is 6.58. The van der Waals surface area contributed by atoms with Crippen LogP contribution in [0, 0.1) is 24.7 Å². The first-order chi connectivity index (χ1) is 19.1. The van der Waals surface area contributed by atoms with Crippen LogP contribution >= 0.6 is 27.5 Å². The molecule has 2 aromatic carbocycles. The van der Waals surface area contributed by atoms with Crippen molar-refractivity contribution in [3.8, 4) is 11.5 Å². The molecule has 0 radical (unpaired) electrons. The molecule has 2 amide bonds. The van der Waals surface area contributed by atoms with Crippen LogP contribution in [0.1, 0.15) is 36.8 Å². The van der Waals surface area contributed by atoms with Crippen molar-refractivity contribution in [1.29, 1.82) is 0 Å². The Morgan fingerprint density at radius 3 is 2.58 bits per heavy atom. The van der Waals surface area contributed by atoms with Gasteiger partial charge in [-0.25, -0.2) is 4.90 Å². The lowest BCUT2D eigenvalue weighted by molar-refractivity contribution is -0.123. The molecule has 7 nitrogen and oxygen atoms in total. The Balaban J connectivity index is 1.48. The number of halogens is 2. The fraction of sp³-hybridized carbons (Fsp3) is 0.290. The minimum Gasteiger partial charge on any atom is -0.504 e. The van der Waals surface area contributed by atoms with Crippen LogP contribution in [-0.4, -0.2) is 35.1 Å². The van der Waals surface area contributed by atoms with Crippen molar-refractivity contribution >= 4 is 56.6 Å². The van der Waals surface area contributed by atoms with E-state index in [9.17, 15) is 24.3 Å². The molecule has 0 aromatic heterocycles. The number of anilines is 1. The van der Waals surface area contributed by atoms with E-state index < -0.39 is 23.7 Å². The summed E-state index contributed by atoms with van der Waals surface area (Å²) in [4.78, 5) is 55.6. The first kappa shape index (κ1) is 26.7. The lowest BCUT2D eigenvalue weighted by Crippen LogP contribution is -2.39. The predicted octanol–water partition coefficient (Wildman–Crippen LogP) is 5.72. The molecule has 1 N–H and O–H groups in total. The summed E-state index contributed by atoms with van der Waals surface area (Å²) >= 11 is 9.57. The van der Waals surface area contributed by atoms with Gasteiger partial charge in [-0.05, 0) is 83.9 Å². The number of Topliss-reactive ketones (excluding diaryl/α,β-unsaturated/α-hetero) is 1. The highest BCUT2D eigenvalue weighted by Gasteiger charge is 2.56. The molecule has 1 fully saturated rings. The zero-order valence-electron chi connectivity index (χ0n) is 21.7. The first-order valence-electron chi connectivity index (χ1n) is 13.1. The van der Waals surface area contributed by atoms with Gasteiger partial charge in [0.25, 0.3) is 0 Å². The quantitative estimate of drug-likeness (QED) is 0.266. The van der Waals surface area contributed by atoms with Gasteiger partial charge in [0.1, 0.15) is 0 Å². The summed E-state index contributed by atoms with van der Waals surface area (Å²) in [5, 5.41) is 10.8. The average molecular weight is 623 g/mol. The number of carbonyl (C=O) groups is 4. The summed E-state index contributed by atoms with van der Waals surface area (Å²) in [6, 6.07) is 10.00. The number of phenolic OH excluding ortho intramolecular Hbond substituents is 1. The topological polar surface area (TPSA) is 101 Å². The van der Waals surface area contributed by atoms with Gasteiger partial charge < -0.3 is 9.84 Å². The summed E-state index contributed by atoms with van der Waals surface area (Å²) in [7, 11) is 0. The van der Waals surface area contributed by atoms with Crippen LogP contribution in [0.25, 0.3) is 0 Å². The van der Waals surface area contributed by atoms with Crippen LogP contribution in [0.15, 0.2) is 69.8 Å². The maximum atomic E-state index is 14.0. The Bertz CT molecular complexity index is 1620. The molecule has 0 spiro atoms. The molecule has 0 saturated carbocycles. The SMILES string of the molecule is CCOc1cc([C@H]2C3=CC[C@@H]4C(=O)N(c5ccc(C)c(Cl)c5)C(=O)[C@@H]4[C@@H]3CC3=C2C(=O)C=C(Br)C3=O)ccc1O. The number of carbonyl (C=O) groups excluding carboxylic acids is 4. The summed E-state index contributed by atoms with van der Waals surface area (Å²) in [6.45, 7) is 3.97. The second-order valence-corrected chi connectivity index (χ2v) is 11.8. The molecule has 6 rings (SSSR count). The fourth-order valence-electron chi connectivity index (χ4n) is 6.54. The van der Waals surface area contributed by atoms with E-state index in [1.807, 2.05) is 13.0 Å². The number of fused-ring (bicyclic) bond motifs is 3. The summed E-state index contributed by atoms with van der Waals surface area (Å²) in [5.74, 6) is -3.38. The average Bonchev–Trinajstić information content (AvgIpc) is 3.19. The van der Waals surface area contributed by atoms with Crippen LogP contribution in [0.5, 0.6) is 11.5 Å². The molecule has 4 aliphatic rings. The highest BCUT2D eigenvalue weighted by atomic mass is 79.9. The van der Waals surface area contributed by atoms with E-state index in [0.717, 1.165) is 11.1 Å². The largest absolute Gasteiger partial charge is 0.504 e. The van der Waals surface area contributed by atoms with Crippen LogP contribution in [-0.2, 0) is 19.2 Å². The summed E-state index contributed by atoms with van der Waals surface area (Å²) in [5.41, 5.74) is 3.44. The van der Waals surface area contributed by atoms with Gasteiger partial charge >= 0.3 is 0 Å². The smallest absolute Gasteiger partial charge is 0.238 e. The Morgan fingerprint density at radius 2 is 1.85 bits per heavy atom. The number of aromatic hydroxyl groups is 1. The minimum absolute atomic E-state index is 0.0393. The van der Waals surface area contributed by atoms with E-state index in [1.54, 1.807) is 37.3 Å². The highest BCUT2D eigenvalue weighted by molar-refractivity contribution is 9.12. The van der Waals surface area contributed by atoms with Gasteiger partial charge in [0.2, 0.25) is 11.8 Å². The van der Waals surface area contributed by atoms with Gasteiger partial charge in [0, 0.05) is 28.2 Å². The Morgan fingerprint density at radius 1 is 1.07 bits per heavy atom. The van der Waals surface area contributed by atoms with E-state index in [1.165, 1.54) is 17.0 Å². The zero-order chi connectivity index (χ0) is 28.5. The second-order valence-electron chi connectivity index (χ2n) is 10.5. The molecular weight excluding hydrogens is 598 g/mol. The number of nitrogens with zero attached hydrogens (tertiary/aromatic N) is 1. The maximum Gasteiger partial charge on any atom is 0.238 e. The molecule has 9 heteroatoms. The predicted molar refractivity (Wildman–Crippen MR) is 153 cm³/mol. The number of ether oxygens (including phenoxy) is 1. The molecule has 204 valence electrons. The molecule has 1 heterocycles. The van der Waals surface area contributed by atoms with Crippen LogP contribution < -0.4 is 9.64 Å². The molecule has 2 aromatic rings. The van der Waals surface area contributed by atoms with E-state index in [4.69, 9.17) is 16.3 Å². The van der Waals surface area contributed by atoms with E-state index in [2.05, 4.69) is 15.9 Å². The molecule has 4 atom stereocenters. The van der Waals surface area contributed by atoms with Gasteiger partial charge in [-0.3, -0.25) is 19.2 Å². The maximum absolute atomic E-state index is 14.0. The van der Waals surface area contributed by atoms with Crippen LogP contribution in [0.3, 0.4) is 0 Å². The molecule has 0 unspecified atom stereocenters. The Labute approximate surface area is 244 Å². The van der Waals surface area contributed by atoms with Crippen molar-refractivity contribution in [1.82, 2.24) is 0 Å². The number of imide groups is 1. The van der Waals surface area contributed by atoms with Crippen molar-refractivity contribution in [3.05, 3.63) is 85.9 Å². The number of phenols is 1.